The van der Waals surface area contributed by atoms with Crippen molar-refractivity contribution in [3.05, 3.63) is 65.9 Å². The second kappa shape index (κ2) is 9.47. The second-order valence-electron chi connectivity index (χ2n) is 7.90. The van der Waals surface area contributed by atoms with Crippen molar-refractivity contribution < 1.29 is 16.8 Å². The third kappa shape index (κ3) is 6.02. The van der Waals surface area contributed by atoms with Gasteiger partial charge in [0.05, 0.1) is 15.5 Å². The van der Waals surface area contributed by atoms with Gasteiger partial charge in [0.2, 0.25) is 26.0 Å². The molecule has 10 nitrogen and oxygen atoms in total. The van der Waals surface area contributed by atoms with Crippen molar-refractivity contribution in [2.24, 2.45) is 5.14 Å². The first-order chi connectivity index (χ1) is 16.0. The Balaban J connectivity index is 1.40. The molecule has 1 fully saturated rings. The molecule has 3 aromatic rings. The molecule has 1 aromatic heterocycles. The van der Waals surface area contributed by atoms with Gasteiger partial charge in [-0.2, -0.15) is 4.98 Å². The second-order valence-corrected chi connectivity index (χ2v) is 12.0. The average molecular weight is 523 g/mol. The number of hydrogen-bond donors (Lipinski definition) is 4. The van der Waals surface area contributed by atoms with Crippen LogP contribution in [0.1, 0.15) is 17.5 Å². The van der Waals surface area contributed by atoms with Crippen molar-refractivity contribution in [3.63, 3.8) is 0 Å². The van der Waals surface area contributed by atoms with E-state index in [1.165, 1.54) is 12.1 Å². The van der Waals surface area contributed by atoms with Crippen LogP contribution in [0.4, 0.5) is 23.1 Å². The fraction of sp³-hybridized carbons (Fsp3) is 0.238. The number of sulfonamides is 2. The molecular weight excluding hydrogens is 500 g/mol. The summed E-state index contributed by atoms with van der Waals surface area (Å²) in [5.41, 5.74) is 2.98. The van der Waals surface area contributed by atoms with E-state index in [0.29, 0.717) is 23.9 Å². The highest BCUT2D eigenvalue weighted by atomic mass is 35.5. The van der Waals surface area contributed by atoms with Gasteiger partial charge >= 0.3 is 0 Å². The molecular formula is C21H23ClN6O4S2. The first-order valence-electron chi connectivity index (χ1n) is 10.2. The number of hydrogen-bond acceptors (Lipinski definition) is 8. The van der Waals surface area contributed by atoms with Gasteiger partial charge in [-0.3, -0.25) is 0 Å². The zero-order valence-electron chi connectivity index (χ0n) is 18.1. The maximum atomic E-state index is 12.1. The minimum Gasteiger partial charge on any atom is -0.340 e. The third-order valence-corrected chi connectivity index (χ3v) is 8.59. The summed E-state index contributed by atoms with van der Waals surface area (Å²) in [7, 11) is -7.16. The largest absolute Gasteiger partial charge is 0.340 e. The molecule has 0 bridgehead atoms. The van der Waals surface area contributed by atoms with E-state index in [2.05, 4.69) is 25.3 Å². The molecule has 2 unspecified atom stereocenters. The van der Waals surface area contributed by atoms with Crippen molar-refractivity contribution in [2.75, 3.05) is 10.6 Å². The normalized spacial score (nSPS) is 17.9. The van der Waals surface area contributed by atoms with Crippen molar-refractivity contribution in [3.8, 4) is 0 Å². The number of nitrogens with one attached hydrogen (secondary N) is 3. The van der Waals surface area contributed by atoms with Crippen LogP contribution in [-0.2, 0) is 26.6 Å². The third-order valence-electron chi connectivity index (χ3n) is 5.16. The van der Waals surface area contributed by atoms with Crippen LogP contribution in [0.5, 0.6) is 0 Å². The molecule has 4 rings (SSSR count). The van der Waals surface area contributed by atoms with Gasteiger partial charge in [-0.05, 0) is 55.3 Å². The average Bonchev–Trinajstić information content (AvgIpc) is 3.53. The Kier molecular flexibility index (Phi) is 6.78. The molecule has 2 atom stereocenters. The summed E-state index contributed by atoms with van der Waals surface area (Å²) in [6, 6.07) is 13.2. The highest BCUT2D eigenvalue weighted by molar-refractivity contribution is 7.90. The van der Waals surface area contributed by atoms with Crippen LogP contribution in [0.25, 0.3) is 0 Å². The Labute approximate surface area is 203 Å². The summed E-state index contributed by atoms with van der Waals surface area (Å²) in [4.78, 5) is 8.74. The van der Waals surface area contributed by atoms with Crippen molar-refractivity contribution in [1.29, 1.82) is 0 Å². The van der Waals surface area contributed by atoms with E-state index >= 15 is 0 Å². The van der Waals surface area contributed by atoms with Crippen LogP contribution in [0.15, 0.2) is 59.6 Å². The number of halogens is 1. The maximum absolute atomic E-state index is 12.1. The van der Waals surface area contributed by atoms with E-state index in [1.54, 1.807) is 18.3 Å². The Morgan fingerprint density at radius 2 is 1.59 bits per heavy atom. The summed E-state index contributed by atoms with van der Waals surface area (Å²) in [5, 5.41) is 10.5. The number of nitrogens with two attached hydrogens (primary N) is 1. The molecule has 34 heavy (non-hydrogen) atoms. The predicted molar refractivity (Wildman–Crippen MR) is 131 cm³/mol. The Hall–Kier alpha value is -2.77. The lowest BCUT2D eigenvalue weighted by atomic mass is 10.2. The summed E-state index contributed by atoms with van der Waals surface area (Å²) in [6.07, 6.45) is 2.14. The van der Waals surface area contributed by atoms with Gasteiger partial charge in [0.15, 0.2) is 0 Å². The minimum atomic E-state index is -3.77. The first kappa shape index (κ1) is 24.4. The molecule has 180 valence electrons. The van der Waals surface area contributed by atoms with Crippen LogP contribution in [-0.4, -0.2) is 37.4 Å². The van der Waals surface area contributed by atoms with Crippen molar-refractivity contribution >= 4 is 54.8 Å². The van der Waals surface area contributed by atoms with E-state index in [4.69, 9.17) is 16.7 Å². The summed E-state index contributed by atoms with van der Waals surface area (Å²) >= 11 is 5.84. The van der Waals surface area contributed by atoms with Gasteiger partial charge in [0, 0.05) is 29.7 Å². The van der Waals surface area contributed by atoms with Gasteiger partial charge in [-0.15, -0.1) is 11.6 Å². The SMILES string of the molecule is Cc1cnc(Nc2ccc(S(N)(=O)=O)cc2)nc1Nc1ccc(CNS(=O)(=O)C2CC2Cl)cc1. The highest BCUT2D eigenvalue weighted by Gasteiger charge is 2.45. The summed E-state index contributed by atoms with van der Waals surface area (Å²) in [6.45, 7) is 2.05. The quantitative estimate of drug-likeness (QED) is 0.312. The molecule has 0 saturated heterocycles. The fourth-order valence-electron chi connectivity index (χ4n) is 3.08. The zero-order chi connectivity index (χ0) is 24.5. The summed E-state index contributed by atoms with van der Waals surface area (Å²) < 4.78 is 49.5. The molecule has 0 aliphatic heterocycles. The topological polar surface area (TPSA) is 156 Å². The van der Waals surface area contributed by atoms with Gasteiger partial charge in [-0.25, -0.2) is 31.7 Å². The molecule has 1 saturated carbocycles. The Morgan fingerprint density at radius 1 is 1.00 bits per heavy atom. The van der Waals surface area contributed by atoms with Gasteiger partial charge in [0.1, 0.15) is 5.82 Å². The van der Waals surface area contributed by atoms with Gasteiger partial charge in [-0.1, -0.05) is 12.1 Å². The minimum absolute atomic E-state index is 0.0114. The van der Waals surface area contributed by atoms with Crippen molar-refractivity contribution in [2.45, 2.75) is 35.4 Å². The molecule has 1 heterocycles. The lowest BCUT2D eigenvalue weighted by Gasteiger charge is -2.12. The fourth-order valence-corrected chi connectivity index (χ4v) is 5.73. The Morgan fingerprint density at radius 3 is 2.18 bits per heavy atom. The monoisotopic (exact) mass is 522 g/mol. The van der Waals surface area contributed by atoms with Crippen molar-refractivity contribution in [1.82, 2.24) is 14.7 Å². The highest BCUT2D eigenvalue weighted by Crippen LogP contribution is 2.34. The number of rotatable bonds is 9. The molecule has 0 amide bonds. The number of nitrogens with zero attached hydrogens (tertiary/aromatic N) is 2. The molecule has 13 heteroatoms. The number of benzene rings is 2. The lowest BCUT2D eigenvalue weighted by molar-refractivity contribution is 0.580. The number of aryl methyl sites for hydroxylation is 1. The van der Waals surface area contributed by atoms with Crippen LogP contribution in [0, 0.1) is 6.92 Å². The maximum Gasteiger partial charge on any atom is 0.238 e. The summed E-state index contributed by atoms with van der Waals surface area (Å²) in [5.74, 6) is 0.897. The standard InChI is InChI=1S/C21H23ClN6O4S2/c1-13-11-24-21(27-16-6-8-17(9-7-16)33(23,29)30)28-20(13)26-15-4-2-14(3-5-15)12-25-34(31,32)19-10-18(19)22/h2-9,11,18-19,25H,10,12H2,1H3,(H2,23,29,30)(H2,24,26,27,28). The van der Waals surface area contributed by atoms with Crippen LogP contribution >= 0.6 is 11.6 Å². The lowest BCUT2D eigenvalue weighted by Crippen LogP contribution is -2.27. The van der Waals surface area contributed by atoms with E-state index in [0.717, 1.165) is 16.8 Å². The number of primary sulfonamides is 1. The Bertz CT molecular complexity index is 1400. The smallest absolute Gasteiger partial charge is 0.238 e. The van der Waals surface area contributed by atoms with E-state index in [1.807, 2.05) is 31.2 Å². The molecule has 0 spiro atoms. The molecule has 1 aliphatic carbocycles. The molecule has 5 N–H and O–H groups in total. The number of aromatic nitrogens is 2. The predicted octanol–water partition coefficient (Wildman–Crippen LogP) is 2.72. The molecule has 2 aromatic carbocycles. The van der Waals surface area contributed by atoms with Crippen LogP contribution < -0.4 is 20.5 Å². The van der Waals surface area contributed by atoms with E-state index in [9.17, 15) is 16.8 Å². The number of alkyl halides is 1. The van der Waals surface area contributed by atoms with Crippen LogP contribution in [0.2, 0.25) is 0 Å². The molecule has 1 aliphatic rings. The molecule has 0 radical (unpaired) electrons. The first-order valence-corrected chi connectivity index (χ1v) is 13.8. The van der Waals surface area contributed by atoms with Gasteiger partial charge in [0.25, 0.3) is 0 Å². The van der Waals surface area contributed by atoms with Gasteiger partial charge < -0.3 is 10.6 Å². The van der Waals surface area contributed by atoms with Crippen LogP contribution in [0.3, 0.4) is 0 Å². The number of anilines is 4. The zero-order valence-corrected chi connectivity index (χ0v) is 20.5. The van der Waals surface area contributed by atoms with E-state index in [-0.39, 0.29) is 16.8 Å². The van der Waals surface area contributed by atoms with E-state index < -0.39 is 25.3 Å².